The Balaban J connectivity index is 2.04. The molecule has 0 aromatic carbocycles. The van der Waals surface area contributed by atoms with Crippen molar-refractivity contribution in [3.63, 3.8) is 0 Å². The Hall–Kier alpha value is -0.0601. The zero-order valence-electron chi connectivity index (χ0n) is 13.0. The van der Waals surface area contributed by atoms with E-state index in [1.165, 1.54) is 0 Å². The van der Waals surface area contributed by atoms with Crippen LogP contribution < -0.4 is 5.32 Å². The van der Waals surface area contributed by atoms with E-state index >= 15 is 0 Å². The molecule has 0 amide bonds. The Morgan fingerprint density at radius 3 is 2.63 bits per heavy atom. The average Bonchev–Trinajstić information content (AvgIpc) is 2.50. The van der Waals surface area contributed by atoms with Crippen molar-refractivity contribution in [2.45, 2.75) is 50.3 Å². The molecule has 0 aromatic rings. The molecule has 2 saturated heterocycles. The van der Waals surface area contributed by atoms with Gasteiger partial charge in [0.1, 0.15) is 21.9 Å². The molecular formula is C13H28B2FN3. The van der Waals surface area contributed by atoms with E-state index in [2.05, 4.69) is 44.7 Å². The topological polar surface area (TPSA) is 18.5 Å². The fourth-order valence-electron chi connectivity index (χ4n) is 3.52. The molecule has 0 bridgehead atoms. The van der Waals surface area contributed by atoms with Gasteiger partial charge in [-0.1, -0.05) is 0 Å². The van der Waals surface area contributed by atoms with E-state index < -0.39 is 6.17 Å². The summed E-state index contributed by atoms with van der Waals surface area (Å²) in [6, 6.07) is 0.558. The van der Waals surface area contributed by atoms with E-state index in [0.29, 0.717) is 12.6 Å². The third-order valence-corrected chi connectivity index (χ3v) is 4.89. The van der Waals surface area contributed by atoms with Gasteiger partial charge < -0.3 is 10.2 Å². The zero-order chi connectivity index (χ0) is 14.0. The summed E-state index contributed by atoms with van der Waals surface area (Å²) >= 11 is 0. The van der Waals surface area contributed by atoms with Crippen LogP contribution in [0.15, 0.2) is 0 Å². The lowest BCUT2D eigenvalue weighted by Crippen LogP contribution is -2.62. The van der Waals surface area contributed by atoms with Crippen molar-refractivity contribution in [3.8, 4) is 0 Å². The monoisotopic (exact) mass is 267 g/mol. The summed E-state index contributed by atoms with van der Waals surface area (Å²) < 4.78 is 14.6. The second-order valence-corrected chi connectivity index (χ2v) is 6.97. The Morgan fingerprint density at radius 1 is 1.26 bits per heavy atom. The van der Waals surface area contributed by atoms with Crippen LogP contribution in [0.5, 0.6) is 0 Å². The Kier molecular flexibility index (Phi) is 4.96. The molecule has 0 spiro atoms. The van der Waals surface area contributed by atoms with Gasteiger partial charge in [-0.15, -0.1) is 0 Å². The molecule has 0 aromatic heterocycles. The van der Waals surface area contributed by atoms with Crippen LogP contribution in [-0.4, -0.2) is 81.8 Å². The molecule has 108 valence electrons. The fourth-order valence-corrected chi connectivity index (χ4v) is 3.52. The predicted octanol–water partition coefficient (Wildman–Crippen LogP) is -0.977. The molecule has 2 atom stereocenters. The Labute approximate surface area is 119 Å². The van der Waals surface area contributed by atoms with E-state index in [4.69, 9.17) is 0 Å². The molecule has 19 heavy (non-hydrogen) atoms. The van der Waals surface area contributed by atoms with Crippen molar-refractivity contribution in [2.24, 2.45) is 0 Å². The minimum Gasteiger partial charge on any atom is -0.315 e. The second-order valence-electron chi connectivity index (χ2n) is 6.97. The van der Waals surface area contributed by atoms with Gasteiger partial charge in [-0.05, 0) is 38.6 Å². The number of rotatable bonds is 2. The zero-order valence-corrected chi connectivity index (χ0v) is 13.0. The molecule has 2 fully saturated rings. The molecule has 1 N–H and O–H groups in total. The summed E-state index contributed by atoms with van der Waals surface area (Å²) in [5, 5.41) is 3.55. The van der Waals surface area contributed by atoms with Crippen LogP contribution in [0.2, 0.25) is 0 Å². The normalized spacial score (nSPS) is 34.3. The quantitative estimate of drug-likeness (QED) is 0.649. The van der Waals surface area contributed by atoms with E-state index in [-0.39, 0.29) is 11.4 Å². The molecule has 0 saturated carbocycles. The van der Waals surface area contributed by atoms with Gasteiger partial charge in [0.2, 0.25) is 0 Å². The molecule has 2 heterocycles. The van der Waals surface area contributed by atoms with Crippen LogP contribution in [0, 0.1) is 0 Å². The highest BCUT2D eigenvalue weighted by Gasteiger charge is 2.40. The van der Waals surface area contributed by atoms with Crippen molar-refractivity contribution < 1.29 is 4.39 Å². The van der Waals surface area contributed by atoms with Gasteiger partial charge in [-0.25, -0.2) is 4.39 Å². The predicted molar refractivity (Wildman–Crippen MR) is 84.0 cm³/mol. The van der Waals surface area contributed by atoms with Crippen molar-refractivity contribution >= 4 is 15.7 Å². The van der Waals surface area contributed by atoms with Gasteiger partial charge in [0.25, 0.3) is 0 Å². The standard InChI is InChI=1S/C13H28B2FN3/c1-10(2)18-7-3-12(11(16)9-18)19-8-6-17-5-4-13(19,14)15/h10-12,17H,3-9,14-15H2,1-2H3. The summed E-state index contributed by atoms with van der Waals surface area (Å²) in [4.78, 5) is 4.69. The first kappa shape index (κ1) is 15.3. The maximum Gasteiger partial charge on any atom is 0.128 e. The molecule has 0 aliphatic carbocycles. The molecule has 3 nitrogen and oxygen atoms in total. The number of nitrogens with zero attached hydrogens (tertiary/aromatic N) is 2. The van der Waals surface area contributed by atoms with Gasteiger partial charge in [0.15, 0.2) is 0 Å². The molecule has 2 rings (SSSR count). The first-order chi connectivity index (χ1) is 8.92. The largest absolute Gasteiger partial charge is 0.315 e. The number of nitrogens with one attached hydrogen (secondary N) is 1. The minimum absolute atomic E-state index is 0.102. The van der Waals surface area contributed by atoms with Crippen molar-refractivity contribution in [3.05, 3.63) is 0 Å². The summed E-state index contributed by atoms with van der Waals surface area (Å²) in [6.07, 6.45) is 1.35. The summed E-state index contributed by atoms with van der Waals surface area (Å²) in [5.41, 5.74) is 0. The first-order valence-corrected chi connectivity index (χ1v) is 7.77. The van der Waals surface area contributed by atoms with Gasteiger partial charge in [-0.2, -0.15) is 0 Å². The highest BCUT2D eigenvalue weighted by Crippen LogP contribution is 2.26. The van der Waals surface area contributed by atoms with Gasteiger partial charge in [-0.3, -0.25) is 4.90 Å². The molecular weight excluding hydrogens is 239 g/mol. The number of alkyl halides is 1. The molecule has 2 unspecified atom stereocenters. The summed E-state index contributed by atoms with van der Waals surface area (Å²) in [6.45, 7) is 8.95. The number of piperidine rings is 1. The maximum atomic E-state index is 14.6. The van der Waals surface area contributed by atoms with Crippen molar-refractivity contribution in [1.82, 2.24) is 15.1 Å². The van der Waals surface area contributed by atoms with E-state index in [1.54, 1.807) is 0 Å². The summed E-state index contributed by atoms with van der Waals surface area (Å²) in [5.74, 6) is 0. The lowest BCUT2D eigenvalue weighted by molar-refractivity contribution is 0.0113. The number of hydrogen-bond donors (Lipinski definition) is 1. The first-order valence-electron chi connectivity index (χ1n) is 7.77. The molecule has 0 radical (unpaired) electrons. The molecule has 2 aliphatic rings. The van der Waals surface area contributed by atoms with E-state index in [9.17, 15) is 4.39 Å². The van der Waals surface area contributed by atoms with Gasteiger partial charge in [0.05, 0.1) is 0 Å². The van der Waals surface area contributed by atoms with E-state index in [1.807, 2.05) is 0 Å². The van der Waals surface area contributed by atoms with E-state index in [0.717, 1.165) is 39.0 Å². The fraction of sp³-hybridized carbons (Fsp3) is 1.00. The molecule has 2 aliphatic heterocycles. The maximum absolute atomic E-state index is 14.6. The SMILES string of the molecule is BC1(B)CCNCCN1C1CCN(C(C)C)CC1F. The van der Waals surface area contributed by atoms with Gasteiger partial charge in [0, 0.05) is 38.3 Å². The van der Waals surface area contributed by atoms with Crippen LogP contribution >= 0.6 is 0 Å². The number of likely N-dealkylation sites (tertiary alicyclic amines) is 1. The van der Waals surface area contributed by atoms with Crippen LogP contribution in [0.1, 0.15) is 26.7 Å². The van der Waals surface area contributed by atoms with Crippen LogP contribution in [-0.2, 0) is 0 Å². The average molecular weight is 267 g/mol. The van der Waals surface area contributed by atoms with Crippen molar-refractivity contribution in [2.75, 3.05) is 32.7 Å². The van der Waals surface area contributed by atoms with Gasteiger partial charge >= 0.3 is 0 Å². The van der Waals surface area contributed by atoms with Crippen LogP contribution in [0.3, 0.4) is 0 Å². The Bertz CT molecular complexity index is 302. The second kappa shape index (κ2) is 6.15. The third-order valence-electron chi connectivity index (χ3n) is 4.89. The molecule has 6 heteroatoms. The number of hydrogen-bond acceptors (Lipinski definition) is 3. The Morgan fingerprint density at radius 2 is 2.00 bits per heavy atom. The summed E-state index contributed by atoms with van der Waals surface area (Å²) in [7, 11) is 4.53. The lowest BCUT2D eigenvalue weighted by atomic mass is 9.58. The minimum atomic E-state index is -0.714. The highest BCUT2D eigenvalue weighted by molar-refractivity contribution is 6.40. The van der Waals surface area contributed by atoms with Crippen LogP contribution in [0.4, 0.5) is 4.39 Å². The smallest absolute Gasteiger partial charge is 0.128 e. The third kappa shape index (κ3) is 3.53. The lowest BCUT2D eigenvalue weighted by Gasteiger charge is -2.48. The highest BCUT2D eigenvalue weighted by atomic mass is 19.1. The van der Waals surface area contributed by atoms with Crippen LogP contribution in [0.25, 0.3) is 0 Å². The number of halogens is 1. The van der Waals surface area contributed by atoms with Crippen molar-refractivity contribution in [1.29, 1.82) is 0 Å².